The van der Waals surface area contributed by atoms with Crippen LogP contribution in [0.3, 0.4) is 0 Å². The summed E-state index contributed by atoms with van der Waals surface area (Å²) in [6.07, 6.45) is 0. The molecule has 1 amide bonds. The van der Waals surface area contributed by atoms with Crippen LogP contribution in [0.25, 0.3) is 0 Å². The van der Waals surface area contributed by atoms with Gasteiger partial charge in [-0.15, -0.1) is 0 Å². The molecule has 5 nitrogen and oxygen atoms in total. The van der Waals surface area contributed by atoms with Crippen LogP contribution >= 0.6 is 15.9 Å². The van der Waals surface area contributed by atoms with E-state index in [2.05, 4.69) is 36.5 Å². The van der Waals surface area contributed by atoms with Crippen molar-refractivity contribution in [1.82, 2.24) is 15.3 Å². The number of hydrogen-bond acceptors (Lipinski definition) is 4. The molecular formula is C14H23BrN4O. The third-order valence-corrected chi connectivity index (χ3v) is 2.72. The van der Waals surface area contributed by atoms with Crippen molar-refractivity contribution < 1.29 is 4.79 Å². The molecule has 0 saturated carbocycles. The van der Waals surface area contributed by atoms with E-state index >= 15 is 0 Å². The van der Waals surface area contributed by atoms with Gasteiger partial charge in [0, 0.05) is 17.0 Å². The second-order valence-electron chi connectivity index (χ2n) is 6.80. The number of carbonyl (C=O) groups excluding carboxylic acids is 1. The zero-order valence-electron chi connectivity index (χ0n) is 13.0. The summed E-state index contributed by atoms with van der Waals surface area (Å²) < 4.78 is 0.705. The third-order valence-electron chi connectivity index (χ3n) is 2.31. The lowest BCUT2D eigenvalue weighted by molar-refractivity contribution is -0.120. The standard InChI is InChI=1S/C14H23BrN4O/c1-13(2,3)12-17-9(15)7-10(18-12)16-8-11(20)19-14(4,5)6/h7H,8H2,1-6H3,(H,19,20)(H,16,17,18). The molecule has 0 spiro atoms. The maximum Gasteiger partial charge on any atom is 0.239 e. The molecule has 1 heterocycles. The molecule has 0 aliphatic heterocycles. The van der Waals surface area contributed by atoms with Crippen LogP contribution in [0.1, 0.15) is 47.4 Å². The van der Waals surface area contributed by atoms with Crippen LogP contribution in [0.15, 0.2) is 10.7 Å². The molecular weight excluding hydrogens is 320 g/mol. The predicted octanol–water partition coefficient (Wildman–Crippen LogP) is 2.86. The molecule has 0 fully saturated rings. The van der Waals surface area contributed by atoms with Crippen molar-refractivity contribution in [3.63, 3.8) is 0 Å². The van der Waals surface area contributed by atoms with Gasteiger partial charge in [0.1, 0.15) is 16.2 Å². The van der Waals surface area contributed by atoms with Crippen molar-refractivity contribution in [2.45, 2.75) is 52.5 Å². The van der Waals surface area contributed by atoms with Gasteiger partial charge in [-0.2, -0.15) is 0 Å². The molecule has 0 radical (unpaired) electrons. The highest BCUT2D eigenvalue weighted by atomic mass is 79.9. The fourth-order valence-corrected chi connectivity index (χ4v) is 1.86. The van der Waals surface area contributed by atoms with E-state index < -0.39 is 0 Å². The molecule has 1 aromatic rings. The first-order valence-electron chi connectivity index (χ1n) is 6.57. The molecule has 20 heavy (non-hydrogen) atoms. The fraction of sp³-hybridized carbons (Fsp3) is 0.643. The number of anilines is 1. The quantitative estimate of drug-likeness (QED) is 0.829. The maximum absolute atomic E-state index is 11.8. The van der Waals surface area contributed by atoms with Gasteiger partial charge in [0.05, 0.1) is 6.54 Å². The Morgan fingerprint density at radius 2 is 1.80 bits per heavy atom. The van der Waals surface area contributed by atoms with Crippen molar-refractivity contribution in [2.75, 3.05) is 11.9 Å². The fourth-order valence-electron chi connectivity index (χ4n) is 1.48. The Labute approximate surface area is 129 Å². The van der Waals surface area contributed by atoms with E-state index in [4.69, 9.17) is 0 Å². The Kier molecular flexibility index (Phi) is 5.13. The van der Waals surface area contributed by atoms with Crippen molar-refractivity contribution >= 4 is 27.7 Å². The molecule has 0 aromatic carbocycles. The van der Waals surface area contributed by atoms with Gasteiger partial charge in [-0.3, -0.25) is 4.79 Å². The van der Waals surface area contributed by atoms with Crippen molar-refractivity contribution in [3.05, 3.63) is 16.5 Å². The summed E-state index contributed by atoms with van der Waals surface area (Å²) in [6, 6.07) is 1.76. The molecule has 0 atom stereocenters. The van der Waals surface area contributed by atoms with E-state index in [1.165, 1.54) is 0 Å². The topological polar surface area (TPSA) is 66.9 Å². The Balaban J connectivity index is 2.74. The molecule has 1 rings (SSSR count). The van der Waals surface area contributed by atoms with Crippen LogP contribution in [-0.4, -0.2) is 28.0 Å². The minimum atomic E-state index is -0.235. The average molecular weight is 343 g/mol. The lowest BCUT2D eigenvalue weighted by atomic mass is 9.96. The molecule has 0 aliphatic rings. The lowest BCUT2D eigenvalue weighted by Gasteiger charge is -2.21. The molecule has 2 N–H and O–H groups in total. The highest BCUT2D eigenvalue weighted by molar-refractivity contribution is 9.10. The van der Waals surface area contributed by atoms with E-state index in [0.717, 1.165) is 5.82 Å². The molecule has 1 aromatic heterocycles. The van der Waals surface area contributed by atoms with E-state index in [1.54, 1.807) is 6.07 Å². The number of aromatic nitrogens is 2. The molecule has 112 valence electrons. The Bertz CT molecular complexity index is 489. The second kappa shape index (κ2) is 6.08. The van der Waals surface area contributed by atoms with Crippen LogP contribution in [0.2, 0.25) is 0 Å². The summed E-state index contributed by atoms with van der Waals surface area (Å²) in [5.41, 5.74) is -0.379. The molecule has 0 aliphatic carbocycles. The number of hydrogen-bond donors (Lipinski definition) is 2. The van der Waals surface area contributed by atoms with Gasteiger partial charge in [-0.25, -0.2) is 9.97 Å². The Hall–Kier alpha value is -1.17. The van der Waals surface area contributed by atoms with Crippen LogP contribution in [0.4, 0.5) is 5.82 Å². The number of nitrogens with one attached hydrogen (secondary N) is 2. The number of carbonyl (C=O) groups is 1. The van der Waals surface area contributed by atoms with Crippen molar-refractivity contribution in [3.8, 4) is 0 Å². The lowest BCUT2D eigenvalue weighted by Crippen LogP contribution is -2.43. The molecule has 0 unspecified atom stereocenters. The second-order valence-corrected chi connectivity index (χ2v) is 7.61. The number of amides is 1. The zero-order valence-corrected chi connectivity index (χ0v) is 14.6. The minimum Gasteiger partial charge on any atom is -0.361 e. The summed E-state index contributed by atoms with van der Waals surface area (Å²) in [7, 11) is 0. The van der Waals surface area contributed by atoms with E-state index in [1.807, 2.05) is 41.5 Å². The first-order valence-corrected chi connectivity index (χ1v) is 7.36. The normalized spacial score (nSPS) is 12.2. The van der Waals surface area contributed by atoms with Crippen LogP contribution in [0, 0.1) is 0 Å². The SMILES string of the molecule is CC(C)(C)NC(=O)CNc1cc(Br)nc(C(C)(C)C)n1. The number of rotatable bonds is 3. The average Bonchev–Trinajstić information content (AvgIpc) is 2.22. The van der Waals surface area contributed by atoms with Gasteiger partial charge in [-0.1, -0.05) is 20.8 Å². The van der Waals surface area contributed by atoms with Crippen molar-refractivity contribution in [1.29, 1.82) is 0 Å². The smallest absolute Gasteiger partial charge is 0.239 e. The van der Waals surface area contributed by atoms with Gasteiger partial charge in [-0.05, 0) is 36.7 Å². The number of nitrogens with zero attached hydrogens (tertiary/aromatic N) is 2. The van der Waals surface area contributed by atoms with Gasteiger partial charge < -0.3 is 10.6 Å². The largest absolute Gasteiger partial charge is 0.361 e. The van der Waals surface area contributed by atoms with Gasteiger partial charge in [0.25, 0.3) is 0 Å². The van der Waals surface area contributed by atoms with E-state index in [0.29, 0.717) is 10.4 Å². The highest BCUT2D eigenvalue weighted by Crippen LogP contribution is 2.22. The van der Waals surface area contributed by atoms with Crippen molar-refractivity contribution in [2.24, 2.45) is 0 Å². The first-order chi connectivity index (χ1) is 8.97. The van der Waals surface area contributed by atoms with Crippen LogP contribution in [0.5, 0.6) is 0 Å². The third kappa shape index (κ3) is 5.86. The Morgan fingerprint density at radius 3 is 2.30 bits per heavy atom. The summed E-state index contributed by atoms with van der Waals surface area (Å²) in [6.45, 7) is 12.2. The van der Waals surface area contributed by atoms with Gasteiger partial charge >= 0.3 is 0 Å². The molecule has 6 heteroatoms. The summed E-state index contributed by atoms with van der Waals surface area (Å²) in [5.74, 6) is 1.30. The summed E-state index contributed by atoms with van der Waals surface area (Å²) >= 11 is 3.37. The maximum atomic E-state index is 11.8. The summed E-state index contributed by atoms with van der Waals surface area (Å²) in [4.78, 5) is 20.6. The van der Waals surface area contributed by atoms with Crippen LogP contribution in [-0.2, 0) is 10.2 Å². The molecule has 0 bridgehead atoms. The predicted molar refractivity (Wildman–Crippen MR) is 84.8 cm³/mol. The summed E-state index contributed by atoms with van der Waals surface area (Å²) in [5, 5.41) is 5.92. The number of halogens is 1. The van der Waals surface area contributed by atoms with E-state index in [-0.39, 0.29) is 23.4 Å². The zero-order chi connectivity index (χ0) is 15.6. The minimum absolute atomic E-state index is 0.0652. The molecule has 0 saturated heterocycles. The van der Waals surface area contributed by atoms with E-state index in [9.17, 15) is 4.79 Å². The van der Waals surface area contributed by atoms with Gasteiger partial charge in [0.2, 0.25) is 5.91 Å². The van der Waals surface area contributed by atoms with Gasteiger partial charge in [0.15, 0.2) is 0 Å². The highest BCUT2D eigenvalue weighted by Gasteiger charge is 2.19. The Morgan fingerprint density at radius 1 is 1.20 bits per heavy atom. The van der Waals surface area contributed by atoms with Crippen LogP contribution < -0.4 is 10.6 Å². The first kappa shape index (κ1) is 16.9. The monoisotopic (exact) mass is 342 g/mol.